The highest BCUT2D eigenvalue weighted by Gasteiger charge is 2.00. The molecule has 2 rings (SSSR count). The normalized spacial score (nSPS) is 10.4. The maximum atomic E-state index is 4.14. The van der Waals surface area contributed by atoms with Crippen molar-refractivity contribution in [2.75, 3.05) is 0 Å². The van der Waals surface area contributed by atoms with E-state index in [0.29, 0.717) is 0 Å². The van der Waals surface area contributed by atoms with Gasteiger partial charge in [0.2, 0.25) is 0 Å². The summed E-state index contributed by atoms with van der Waals surface area (Å²) in [5.41, 5.74) is 1.23. The van der Waals surface area contributed by atoms with E-state index in [4.69, 9.17) is 0 Å². The molecule has 12 heavy (non-hydrogen) atoms. The third-order valence-corrected chi connectivity index (χ3v) is 2.93. The van der Waals surface area contributed by atoms with E-state index in [1.807, 2.05) is 18.5 Å². The summed E-state index contributed by atoms with van der Waals surface area (Å²) in [7, 11) is 0. The molecule has 2 heterocycles. The van der Waals surface area contributed by atoms with Crippen LogP contribution < -0.4 is 0 Å². The lowest BCUT2D eigenvalue weighted by molar-refractivity contribution is 1.32. The summed E-state index contributed by atoms with van der Waals surface area (Å²) in [5, 5.41) is 1.30. The fourth-order valence-corrected chi connectivity index (χ4v) is 2.17. The molecule has 0 aromatic carbocycles. The number of hydrogen-bond acceptors (Lipinski definition) is 2. The SMILES string of the molecule is C=Cc1cc2c(C)cncc2s1. The van der Waals surface area contributed by atoms with Crippen molar-refractivity contribution in [3.8, 4) is 0 Å². The summed E-state index contributed by atoms with van der Waals surface area (Å²) in [5.74, 6) is 0. The first kappa shape index (κ1) is 7.50. The van der Waals surface area contributed by atoms with Gasteiger partial charge in [-0.2, -0.15) is 0 Å². The summed E-state index contributed by atoms with van der Waals surface area (Å²) in [6.07, 6.45) is 5.67. The molecule has 0 aliphatic heterocycles. The molecule has 1 nitrogen and oxygen atoms in total. The Morgan fingerprint density at radius 3 is 3.00 bits per heavy atom. The molecule has 0 aliphatic carbocycles. The average Bonchev–Trinajstić information content (AvgIpc) is 2.49. The van der Waals surface area contributed by atoms with Gasteiger partial charge in [0.15, 0.2) is 0 Å². The van der Waals surface area contributed by atoms with Crippen molar-refractivity contribution in [3.63, 3.8) is 0 Å². The lowest BCUT2D eigenvalue weighted by atomic mass is 10.2. The monoisotopic (exact) mass is 175 g/mol. The van der Waals surface area contributed by atoms with Gasteiger partial charge in [-0.25, -0.2) is 0 Å². The molecular weight excluding hydrogens is 166 g/mol. The van der Waals surface area contributed by atoms with Crippen LogP contribution in [0, 0.1) is 6.92 Å². The predicted molar refractivity (Wildman–Crippen MR) is 54.4 cm³/mol. The maximum Gasteiger partial charge on any atom is 0.0535 e. The molecule has 0 fully saturated rings. The highest BCUT2D eigenvalue weighted by Crippen LogP contribution is 2.27. The van der Waals surface area contributed by atoms with Gasteiger partial charge in [0.1, 0.15) is 0 Å². The second kappa shape index (κ2) is 2.72. The Bertz CT molecular complexity index is 428. The van der Waals surface area contributed by atoms with Crippen LogP contribution in [-0.4, -0.2) is 4.98 Å². The highest BCUT2D eigenvalue weighted by molar-refractivity contribution is 7.19. The van der Waals surface area contributed by atoms with Crippen LogP contribution in [0.25, 0.3) is 16.2 Å². The zero-order valence-electron chi connectivity index (χ0n) is 6.87. The summed E-state index contributed by atoms with van der Waals surface area (Å²) in [6, 6.07) is 2.16. The Labute approximate surface area is 75.4 Å². The highest BCUT2D eigenvalue weighted by atomic mass is 32.1. The van der Waals surface area contributed by atoms with E-state index in [1.54, 1.807) is 11.3 Å². The average molecular weight is 175 g/mol. The van der Waals surface area contributed by atoms with Gasteiger partial charge in [-0.05, 0) is 23.9 Å². The number of fused-ring (bicyclic) bond motifs is 1. The van der Waals surface area contributed by atoms with Crippen LogP contribution in [0.3, 0.4) is 0 Å². The minimum absolute atomic E-state index is 1.21. The molecule has 2 aromatic rings. The van der Waals surface area contributed by atoms with Crippen LogP contribution in [-0.2, 0) is 0 Å². The first-order chi connectivity index (χ1) is 5.81. The van der Waals surface area contributed by atoms with Crippen molar-refractivity contribution in [1.29, 1.82) is 0 Å². The number of hydrogen-bond donors (Lipinski definition) is 0. The van der Waals surface area contributed by atoms with Crippen LogP contribution in [0.2, 0.25) is 0 Å². The third kappa shape index (κ3) is 1.04. The first-order valence-electron chi connectivity index (χ1n) is 3.78. The standard InChI is InChI=1S/C10H9NS/c1-3-8-4-9-7(2)5-11-6-10(9)12-8/h3-6H,1H2,2H3. The topological polar surface area (TPSA) is 12.9 Å². The second-order valence-corrected chi connectivity index (χ2v) is 3.84. The minimum atomic E-state index is 1.21. The summed E-state index contributed by atoms with van der Waals surface area (Å²) in [6.45, 7) is 5.82. The maximum absolute atomic E-state index is 4.14. The van der Waals surface area contributed by atoms with Crippen molar-refractivity contribution in [3.05, 3.63) is 35.5 Å². The van der Waals surface area contributed by atoms with E-state index in [-0.39, 0.29) is 0 Å². The Morgan fingerprint density at radius 1 is 1.50 bits per heavy atom. The Balaban J connectivity index is 2.82. The molecule has 2 heteroatoms. The van der Waals surface area contributed by atoms with Gasteiger partial charge >= 0.3 is 0 Å². The summed E-state index contributed by atoms with van der Waals surface area (Å²) in [4.78, 5) is 5.35. The Hall–Kier alpha value is -1.15. The number of pyridine rings is 1. The van der Waals surface area contributed by atoms with E-state index in [1.165, 1.54) is 20.5 Å². The number of nitrogens with zero attached hydrogens (tertiary/aromatic N) is 1. The van der Waals surface area contributed by atoms with Gasteiger partial charge in [-0.3, -0.25) is 4.98 Å². The van der Waals surface area contributed by atoms with Gasteiger partial charge in [-0.15, -0.1) is 11.3 Å². The van der Waals surface area contributed by atoms with Crippen molar-refractivity contribution in [2.24, 2.45) is 0 Å². The number of thiophene rings is 1. The van der Waals surface area contributed by atoms with Crippen molar-refractivity contribution in [1.82, 2.24) is 4.98 Å². The molecule has 0 amide bonds. The van der Waals surface area contributed by atoms with Gasteiger partial charge in [0.25, 0.3) is 0 Å². The second-order valence-electron chi connectivity index (χ2n) is 2.72. The lowest BCUT2D eigenvalue weighted by Crippen LogP contribution is -1.74. The van der Waals surface area contributed by atoms with Crippen molar-refractivity contribution < 1.29 is 0 Å². The molecule has 0 saturated carbocycles. The molecular formula is C10H9NS. The molecule has 0 spiro atoms. The molecule has 0 saturated heterocycles. The van der Waals surface area contributed by atoms with Gasteiger partial charge in [0.05, 0.1) is 4.70 Å². The molecule has 0 bridgehead atoms. The third-order valence-electron chi connectivity index (χ3n) is 1.87. The largest absolute Gasteiger partial charge is 0.263 e. The zero-order chi connectivity index (χ0) is 8.55. The summed E-state index contributed by atoms with van der Waals surface area (Å²) >= 11 is 1.73. The Morgan fingerprint density at radius 2 is 2.33 bits per heavy atom. The summed E-state index contributed by atoms with van der Waals surface area (Å²) < 4.78 is 1.24. The molecule has 0 radical (unpaired) electrons. The van der Waals surface area contributed by atoms with Crippen LogP contribution in [0.1, 0.15) is 10.4 Å². The molecule has 0 atom stereocenters. The fourth-order valence-electron chi connectivity index (χ4n) is 1.22. The molecule has 0 aliphatic rings. The van der Waals surface area contributed by atoms with Crippen molar-refractivity contribution in [2.45, 2.75) is 6.92 Å². The van der Waals surface area contributed by atoms with Crippen molar-refractivity contribution >= 4 is 27.5 Å². The zero-order valence-corrected chi connectivity index (χ0v) is 7.69. The number of aryl methyl sites for hydroxylation is 1. The van der Waals surface area contributed by atoms with E-state index in [9.17, 15) is 0 Å². The van der Waals surface area contributed by atoms with Gasteiger partial charge in [0, 0.05) is 17.3 Å². The van der Waals surface area contributed by atoms with E-state index in [0.717, 1.165) is 0 Å². The Kier molecular flexibility index (Phi) is 1.70. The van der Waals surface area contributed by atoms with Gasteiger partial charge < -0.3 is 0 Å². The van der Waals surface area contributed by atoms with Gasteiger partial charge in [-0.1, -0.05) is 12.7 Å². The van der Waals surface area contributed by atoms with Crippen LogP contribution in [0.15, 0.2) is 25.0 Å². The molecule has 0 N–H and O–H groups in total. The van der Waals surface area contributed by atoms with E-state index in [2.05, 4.69) is 24.6 Å². The molecule has 2 aromatic heterocycles. The number of aromatic nitrogens is 1. The quantitative estimate of drug-likeness (QED) is 0.648. The smallest absolute Gasteiger partial charge is 0.0535 e. The van der Waals surface area contributed by atoms with E-state index >= 15 is 0 Å². The van der Waals surface area contributed by atoms with E-state index < -0.39 is 0 Å². The molecule has 60 valence electrons. The van der Waals surface area contributed by atoms with Crippen LogP contribution in [0.4, 0.5) is 0 Å². The lowest BCUT2D eigenvalue weighted by Gasteiger charge is -1.90. The molecule has 0 unspecified atom stereocenters. The number of rotatable bonds is 1. The minimum Gasteiger partial charge on any atom is -0.263 e. The first-order valence-corrected chi connectivity index (χ1v) is 4.59. The fraction of sp³-hybridized carbons (Fsp3) is 0.100. The van der Waals surface area contributed by atoms with Crippen LogP contribution in [0.5, 0.6) is 0 Å². The van der Waals surface area contributed by atoms with Crippen LogP contribution >= 0.6 is 11.3 Å². The predicted octanol–water partition coefficient (Wildman–Crippen LogP) is 3.25.